The molecule has 2 aromatic rings. The van der Waals surface area contributed by atoms with Crippen LogP contribution in [0.2, 0.25) is 5.02 Å². The highest BCUT2D eigenvalue weighted by molar-refractivity contribution is 6.53. The van der Waals surface area contributed by atoms with Gasteiger partial charge in [0.05, 0.1) is 18.5 Å². The minimum atomic E-state index is -0.642. The molecule has 0 atom stereocenters. The number of methoxy groups -OCH3 is 1. The van der Waals surface area contributed by atoms with Crippen LogP contribution < -0.4 is 0 Å². The lowest BCUT2D eigenvalue weighted by Gasteiger charge is -2.13. The van der Waals surface area contributed by atoms with Gasteiger partial charge >= 0.3 is 5.97 Å². The average Bonchev–Trinajstić information content (AvgIpc) is 3.05. The topological polar surface area (TPSA) is 60.7 Å². The highest BCUT2D eigenvalue weighted by Gasteiger charge is 2.32. The summed E-state index contributed by atoms with van der Waals surface area (Å²) in [6.07, 6.45) is 0.357. The summed E-state index contributed by atoms with van der Waals surface area (Å²) >= 11 is 6.18. The summed E-state index contributed by atoms with van der Waals surface area (Å²) in [5.74, 6) is -1.00. The SMILES string of the molecule is COC(=O)C1=C(C)N=C(Cc2cc(C)n(-c3cc(Cl)ccc3C)c2C)C1=O. The summed E-state index contributed by atoms with van der Waals surface area (Å²) in [5.41, 5.74) is 5.93. The van der Waals surface area contributed by atoms with Crippen LogP contribution in [0.3, 0.4) is 0 Å². The number of aryl methyl sites for hydroxylation is 2. The van der Waals surface area contributed by atoms with E-state index in [9.17, 15) is 9.59 Å². The number of nitrogens with zero attached hydrogens (tertiary/aromatic N) is 2. The van der Waals surface area contributed by atoms with Crippen molar-refractivity contribution in [3.05, 3.63) is 63.1 Å². The molecule has 0 amide bonds. The van der Waals surface area contributed by atoms with Gasteiger partial charge < -0.3 is 9.30 Å². The largest absolute Gasteiger partial charge is 0.465 e. The van der Waals surface area contributed by atoms with Crippen molar-refractivity contribution in [2.75, 3.05) is 7.11 Å². The number of carbonyl (C=O) groups excluding carboxylic acids is 2. The molecule has 140 valence electrons. The Morgan fingerprint density at radius 3 is 2.56 bits per heavy atom. The fraction of sp³-hybridized carbons (Fsp3) is 0.286. The maximum atomic E-state index is 12.6. The third kappa shape index (κ3) is 3.35. The number of Topliss-reactive ketones (excluding diaryl/α,β-unsaturated/α-hetero) is 1. The lowest BCUT2D eigenvalue weighted by molar-refractivity contribution is -0.137. The number of halogens is 1. The normalized spacial score (nSPS) is 14.0. The van der Waals surface area contributed by atoms with Crippen molar-refractivity contribution < 1.29 is 14.3 Å². The Balaban J connectivity index is 1.95. The molecule has 0 radical (unpaired) electrons. The molecule has 0 bridgehead atoms. The van der Waals surface area contributed by atoms with Crippen molar-refractivity contribution >= 4 is 29.1 Å². The first-order valence-corrected chi connectivity index (χ1v) is 8.98. The van der Waals surface area contributed by atoms with Crippen LogP contribution >= 0.6 is 11.6 Å². The molecule has 1 aliphatic rings. The van der Waals surface area contributed by atoms with E-state index in [-0.39, 0.29) is 11.4 Å². The Bertz CT molecular complexity index is 1030. The predicted molar refractivity (Wildman–Crippen MR) is 106 cm³/mol. The van der Waals surface area contributed by atoms with Gasteiger partial charge in [-0.2, -0.15) is 0 Å². The van der Waals surface area contributed by atoms with E-state index in [4.69, 9.17) is 16.3 Å². The van der Waals surface area contributed by atoms with Gasteiger partial charge in [0.1, 0.15) is 5.57 Å². The van der Waals surface area contributed by atoms with Crippen molar-refractivity contribution in [3.8, 4) is 5.69 Å². The number of hydrogen-bond donors (Lipinski definition) is 0. The van der Waals surface area contributed by atoms with E-state index in [1.165, 1.54) is 7.11 Å². The zero-order valence-corrected chi connectivity index (χ0v) is 16.8. The maximum Gasteiger partial charge on any atom is 0.343 e. The Labute approximate surface area is 163 Å². The van der Waals surface area contributed by atoms with Gasteiger partial charge in [0.2, 0.25) is 5.78 Å². The molecule has 0 N–H and O–H groups in total. The second kappa shape index (κ2) is 7.16. The Hall–Kier alpha value is -2.66. The third-order valence-electron chi connectivity index (χ3n) is 4.85. The number of aliphatic imine (C=N–C) groups is 1. The molecule has 2 heterocycles. The summed E-state index contributed by atoms with van der Waals surface area (Å²) in [5, 5.41) is 0.669. The Kier molecular flexibility index (Phi) is 5.07. The first-order chi connectivity index (χ1) is 12.7. The molecule has 1 aromatic carbocycles. The number of benzene rings is 1. The van der Waals surface area contributed by atoms with E-state index < -0.39 is 5.97 Å². The van der Waals surface area contributed by atoms with Crippen molar-refractivity contribution in [1.82, 2.24) is 4.57 Å². The summed E-state index contributed by atoms with van der Waals surface area (Å²) in [4.78, 5) is 28.7. The first-order valence-electron chi connectivity index (χ1n) is 8.60. The molecule has 0 saturated carbocycles. The molecule has 3 rings (SSSR count). The summed E-state index contributed by atoms with van der Waals surface area (Å²) < 4.78 is 6.82. The number of ketones is 1. The number of aromatic nitrogens is 1. The molecule has 27 heavy (non-hydrogen) atoms. The molecule has 0 fully saturated rings. The fourth-order valence-corrected chi connectivity index (χ4v) is 3.63. The number of rotatable bonds is 4. The van der Waals surface area contributed by atoms with Gasteiger partial charge in [-0.05, 0) is 57.0 Å². The van der Waals surface area contributed by atoms with Gasteiger partial charge in [-0.15, -0.1) is 0 Å². The van der Waals surface area contributed by atoms with Crippen LogP contribution in [-0.4, -0.2) is 29.1 Å². The number of allylic oxidation sites excluding steroid dienone is 1. The zero-order chi connectivity index (χ0) is 19.9. The van der Waals surface area contributed by atoms with Crippen molar-refractivity contribution in [2.24, 2.45) is 4.99 Å². The molecule has 6 heteroatoms. The van der Waals surface area contributed by atoms with Crippen LogP contribution in [0.5, 0.6) is 0 Å². The number of hydrogen-bond acceptors (Lipinski definition) is 4. The molecule has 0 unspecified atom stereocenters. The molecule has 1 aliphatic heterocycles. The highest BCUT2D eigenvalue weighted by atomic mass is 35.5. The van der Waals surface area contributed by atoms with Crippen LogP contribution in [0.4, 0.5) is 0 Å². The van der Waals surface area contributed by atoms with Crippen LogP contribution in [0, 0.1) is 20.8 Å². The van der Waals surface area contributed by atoms with Crippen LogP contribution in [0.1, 0.15) is 29.4 Å². The highest BCUT2D eigenvalue weighted by Crippen LogP contribution is 2.27. The second-order valence-corrected chi connectivity index (χ2v) is 7.12. The van der Waals surface area contributed by atoms with Crippen molar-refractivity contribution in [1.29, 1.82) is 0 Å². The number of esters is 1. The molecule has 0 spiro atoms. The van der Waals surface area contributed by atoms with Gasteiger partial charge in [0, 0.05) is 28.5 Å². The fourth-order valence-electron chi connectivity index (χ4n) is 3.46. The van der Waals surface area contributed by atoms with Crippen molar-refractivity contribution in [2.45, 2.75) is 34.1 Å². The van der Waals surface area contributed by atoms with Gasteiger partial charge in [0.15, 0.2) is 0 Å². The van der Waals surface area contributed by atoms with Crippen molar-refractivity contribution in [3.63, 3.8) is 0 Å². The maximum absolute atomic E-state index is 12.6. The van der Waals surface area contributed by atoms with Crippen LogP contribution in [-0.2, 0) is 20.7 Å². The molecule has 0 saturated heterocycles. The predicted octanol–water partition coefficient (Wildman–Crippen LogP) is 4.07. The summed E-state index contributed by atoms with van der Waals surface area (Å²) in [7, 11) is 1.26. The molecule has 0 aliphatic carbocycles. The average molecular weight is 385 g/mol. The second-order valence-electron chi connectivity index (χ2n) is 6.68. The summed E-state index contributed by atoms with van der Waals surface area (Å²) in [6.45, 7) is 7.70. The van der Waals surface area contributed by atoms with Crippen LogP contribution in [0.15, 0.2) is 40.5 Å². The Morgan fingerprint density at radius 1 is 1.19 bits per heavy atom. The summed E-state index contributed by atoms with van der Waals surface area (Å²) in [6, 6.07) is 7.82. The van der Waals surface area contributed by atoms with E-state index in [1.54, 1.807) is 6.92 Å². The minimum Gasteiger partial charge on any atom is -0.465 e. The van der Waals surface area contributed by atoms with Gasteiger partial charge in [-0.1, -0.05) is 17.7 Å². The van der Waals surface area contributed by atoms with E-state index in [2.05, 4.69) is 9.56 Å². The first kappa shape index (κ1) is 19.1. The minimum absolute atomic E-state index is 0.0204. The van der Waals surface area contributed by atoms with Gasteiger partial charge in [-0.3, -0.25) is 9.79 Å². The lowest BCUT2D eigenvalue weighted by Crippen LogP contribution is -2.20. The van der Waals surface area contributed by atoms with Gasteiger partial charge in [-0.25, -0.2) is 4.79 Å². The lowest BCUT2D eigenvalue weighted by atomic mass is 10.0. The number of ether oxygens (including phenoxy) is 1. The standard InChI is InChI=1S/C21H21ClN2O3/c1-11-6-7-16(22)10-18(11)24-12(2)8-15(14(24)4)9-17-20(25)19(13(3)23-17)21(26)27-5/h6-8,10H,9H2,1-5H3. The van der Waals surface area contributed by atoms with E-state index in [0.717, 1.165) is 28.2 Å². The van der Waals surface area contributed by atoms with Gasteiger partial charge in [0.25, 0.3) is 0 Å². The smallest absolute Gasteiger partial charge is 0.343 e. The molecular formula is C21H21ClN2O3. The monoisotopic (exact) mass is 384 g/mol. The quantitative estimate of drug-likeness (QED) is 0.589. The number of carbonyl (C=O) groups is 2. The molecular weight excluding hydrogens is 364 g/mol. The third-order valence-corrected chi connectivity index (χ3v) is 5.08. The Morgan fingerprint density at radius 2 is 1.89 bits per heavy atom. The molecule has 1 aromatic heterocycles. The van der Waals surface area contributed by atoms with E-state index in [0.29, 0.717) is 22.9 Å². The zero-order valence-electron chi connectivity index (χ0n) is 16.0. The molecule has 5 nitrogen and oxygen atoms in total. The van der Waals surface area contributed by atoms with E-state index >= 15 is 0 Å². The van der Waals surface area contributed by atoms with Crippen LogP contribution in [0.25, 0.3) is 5.69 Å². The van der Waals surface area contributed by atoms with E-state index in [1.807, 2.05) is 45.0 Å².